The first-order valence-corrected chi connectivity index (χ1v) is 15.9. The third-order valence-electron chi connectivity index (χ3n) is 10.2. The van der Waals surface area contributed by atoms with E-state index in [-0.39, 0.29) is 12.3 Å². The quantitative estimate of drug-likeness (QED) is 0.181. The molecule has 0 saturated carbocycles. The SMILES string of the molecule is Cc1ccccc1N1B2c3c(cc(C(C)(C)C)cc3-n3c4ccccc4c4cccc2c43)-c2cc3c(cc21)oc1ccccc13. The zero-order valence-corrected chi connectivity index (χ0v) is 25.8. The minimum Gasteiger partial charge on any atom is -0.456 e. The number of para-hydroxylation sites is 4. The molecule has 0 unspecified atom stereocenters. The van der Waals surface area contributed by atoms with Crippen LogP contribution in [0.15, 0.2) is 120 Å². The van der Waals surface area contributed by atoms with Gasteiger partial charge in [-0.2, -0.15) is 0 Å². The fourth-order valence-electron chi connectivity index (χ4n) is 8.12. The Bertz CT molecular complexity index is 2560. The van der Waals surface area contributed by atoms with Gasteiger partial charge in [0.1, 0.15) is 11.2 Å². The van der Waals surface area contributed by atoms with Crippen molar-refractivity contribution in [2.45, 2.75) is 33.1 Å². The van der Waals surface area contributed by atoms with E-state index in [2.05, 4.69) is 152 Å². The van der Waals surface area contributed by atoms with Crippen LogP contribution in [-0.4, -0.2) is 11.4 Å². The molecule has 10 rings (SSSR count). The molecule has 214 valence electrons. The molecule has 4 heteroatoms. The minimum atomic E-state index is -0.0280. The molecular weight excluding hydrogens is 547 g/mol. The van der Waals surface area contributed by atoms with Crippen LogP contribution in [-0.2, 0) is 5.41 Å². The lowest BCUT2D eigenvalue weighted by atomic mass is 9.43. The van der Waals surface area contributed by atoms with Crippen molar-refractivity contribution in [3.8, 4) is 16.8 Å². The van der Waals surface area contributed by atoms with Crippen LogP contribution in [0.5, 0.6) is 0 Å². The highest BCUT2D eigenvalue weighted by Gasteiger charge is 2.44. The lowest BCUT2D eigenvalue weighted by molar-refractivity contribution is 0.590. The van der Waals surface area contributed by atoms with Crippen LogP contribution in [0.3, 0.4) is 0 Å². The first-order chi connectivity index (χ1) is 21.9. The molecule has 3 nitrogen and oxygen atoms in total. The van der Waals surface area contributed by atoms with Crippen LogP contribution >= 0.6 is 0 Å². The maximum Gasteiger partial charge on any atom is 0.333 e. The molecule has 6 aromatic carbocycles. The molecule has 0 amide bonds. The van der Waals surface area contributed by atoms with Crippen molar-refractivity contribution in [3.05, 3.63) is 126 Å². The summed E-state index contributed by atoms with van der Waals surface area (Å²) in [7, 11) is 0. The van der Waals surface area contributed by atoms with Gasteiger partial charge in [-0.05, 0) is 70.3 Å². The Hall–Kier alpha value is -5.22. The number of aryl methyl sites for hydroxylation is 1. The Morgan fingerprint density at radius 3 is 2.20 bits per heavy atom. The summed E-state index contributed by atoms with van der Waals surface area (Å²) in [5.41, 5.74) is 15.9. The van der Waals surface area contributed by atoms with Gasteiger partial charge in [0.15, 0.2) is 0 Å². The van der Waals surface area contributed by atoms with Crippen molar-refractivity contribution >= 4 is 72.9 Å². The van der Waals surface area contributed by atoms with Crippen LogP contribution in [0.2, 0.25) is 0 Å². The summed E-state index contributed by atoms with van der Waals surface area (Å²) in [6.45, 7) is 9.22. The Kier molecular flexibility index (Phi) is 4.74. The normalized spacial score (nSPS) is 13.7. The maximum atomic E-state index is 6.53. The number of hydrogen-bond acceptors (Lipinski definition) is 2. The minimum absolute atomic E-state index is 0.0000380. The van der Waals surface area contributed by atoms with Crippen molar-refractivity contribution < 1.29 is 4.42 Å². The number of fused-ring (bicyclic) bond motifs is 10. The molecule has 0 bridgehead atoms. The Morgan fingerprint density at radius 1 is 0.600 bits per heavy atom. The smallest absolute Gasteiger partial charge is 0.333 e. The second-order valence-electron chi connectivity index (χ2n) is 13.8. The van der Waals surface area contributed by atoms with Crippen molar-refractivity contribution in [1.29, 1.82) is 0 Å². The summed E-state index contributed by atoms with van der Waals surface area (Å²) in [4.78, 5) is 2.59. The second-order valence-corrected chi connectivity index (χ2v) is 13.8. The first kappa shape index (κ1) is 25.1. The number of anilines is 2. The number of aromatic nitrogens is 1. The van der Waals surface area contributed by atoms with E-state index < -0.39 is 0 Å². The zero-order chi connectivity index (χ0) is 30.2. The molecule has 0 aliphatic carbocycles. The van der Waals surface area contributed by atoms with Crippen molar-refractivity contribution in [3.63, 3.8) is 0 Å². The van der Waals surface area contributed by atoms with E-state index >= 15 is 0 Å². The van der Waals surface area contributed by atoms with E-state index in [0.717, 1.165) is 21.9 Å². The van der Waals surface area contributed by atoms with Gasteiger partial charge in [0, 0.05) is 50.2 Å². The molecule has 2 aromatic heterocycles. The van der Waals surface area contributed by atoms with Gasteiger partial charge in [0.25, 0.3) is 0 Å². The number of rotatable bonds is 1. The lowest BCUT2D eigenvalue weighted by Crippen LogP contribution is -2.60. The van der Waals surface area contributed by atoms with Crippen molar-refractivity contribution in [2.75, 3.05) is 4.81 Å². The molecule has 0 fully saturated rings. The molecule has 2 aliphatic heterocycles. The second kappa shape index (κ2) is 8.48. The van der Waals surface area contributed by atoms with Gasteiger partial charge in [0.05, 0.1) is 11.0 Å². The van der Waals surface area contributed by atoms with E-state index in [4.69, 9.17) is 4.42 Å². The van der Waals surface area contributed by atoms with Gasteiger partial charge in [-0.25, -0.2) is 0 Å². The fraction of sp³-hybridized carbons (Fsp3) is 0.122. The third kappa shape index (κ3) is 3.21. The number of nitrogens with zero attached hydrogens (tertiary/aromatic N) is 2. The van der Waals surface area contributed by atoms with Crippen LogP contribution in [0, 0.1) is 6.92 Å². The summed E-state index contributed by atoms with van der Waals surface area (Å²) in [5.74, 6) is 0. The predicted octanol–water partition coefficient (Wildman–Crippen LogP) is 9.53. The monoisotopic (exact) mass is 578 g/mol. The lowest BCUT2D eigenvalue weighted by Gasteiger charge is -2.43. The van der Waals surface area contributed by atoms with Gasteiger partial charge in [0.2, 0.25) is 0 Å². The van der Waals surface area contributed by atoms with Crippen LogP contribution < -0.4 is 15.7 Å². The summed E-state index contributed by atoms with van der Waals surface area (Å²) >= 11 is 0. The van der Waals surface area contributed by atoms with E-state index in [0.29, 0.717) is 0 Å². The van der Waals surface area contributed by atoms with Crippen LogP contribution in [0.25, 0.3) is 60.6 Å². The van der Waals surface area contributed by atoms with E-state index in [1.165, 1.54) is 72.0 Å². The topological polar surface area (TPSA) is 21.3 Å². The largest absolute Gasteiger partial charge is 0.456 e. The molecule has 4 heterocycles. The van der Waals surface area contributed by atoms with Gasteiger partial charge in [-0.15, -0.1) is 0 Å². The highest BCUT2D eigenvalue weighted by molar-refractivity contribution is 6.93. The molecular formula is C41H31BN2O. The summed E-state index contributed by atoms with van der Waals surface area (Å²) in [6.07, 6.45) is 0. The summed E-state index contributed by atoms with van der Waals surface area (Å²) in [5, 5.41) is 4.92. The maximum absolute atomic E-state index is 6.53. The van der Waals surface area contributed by atoms with Crippen LogP contribution in [0.1, 0.15) is 31.9 Å². The number of benzene rings is 6. The third-order valence-corrected chi connectivity index (χ3v) is 10.2. The number of furan rings is 1. The fourth-order valence-corrected chi connectivity index (χ4v) is 8.12. The highest BCUT2D eigenvalue weighted by Crippen LogP contribution is 2.48. The predicted molar refractivity (Wildman–Crippen MR) is 191 cm³/mol. The molecule has 0 radical (unpaired) electrons. The van der Waals surface area contributed by atoms with E-state index in [1.807, 2.05) is 0 Å². The van der Waals surface area contributed by atoms with Gasteiger partial charge in [-0.1, -0.05) is 99.6 Å². The molecule has 8 aromatic rings. The Morgan fingerprint density at radius 2 is 1.36 bits per heavy atom. The van der Waals surface area contributed by atoms with Gasteiger partial charge < -0.3 is 13.8 Å². The molecule has 0 spiro atoms. The van der Waals surface area contributed by atoms with Gasteiger partial charge in [-0.3, -0.25) is 0 Å². The number of hydrogen-bond donors (Lipinski definition) is 0. The van der Waals surface area contributed by atoms with E-state index in [1.54, 1.807) is 0 Å². The molecule has 0 N–H and O–H groups in total. The highest BCUT2D eigenvalue weighted by atomic mass is 16.3. The average Bonchev–Trinajstić information content (AvgIpc) is 3.58. The molecule has 45 heavy (non-hydrogen) atoms. The van der Waals surface area contributed by atoms with Crippen molar-refractivity contribution in [1.82, 2.24) is 4.57 Å². The molecule has 0 saturated heterocycles. The Balaban J connectivity index is 1.44. The Labute approximate surface area is 262 Å². The van der Waals surface area contributed by atoms with E-state index in [9.17, 15) is 0 Å². The summed E-state index contributed by atoms with van der Waals surface area (Å²) < 4.78 is 9.08. The zero-order valence-electron chi connectivity index (χ0n) is 25.8. The standard InChI is InChI=1S/C41H31BN2O/c1-24-12-5-8-17-33(24)44-35-23-38-30(27-14-7-10-19-37(27)45-38)22-29(35)31-20-25(41(2,3)4)21-36-39(31)42(44)32-16-11-15-28-26-13-6-9-18-34(26)43(36)40(28)32/h5-23H,1-4H3. The molecule has 0 atom stereocenters. The summed E-state index contributed by atoms with van der Waals surface area (Å²) in [6, 6.07) is 42.7. The molecule has 2 aliphatic rings. The van der Waals surface area contributed by atoms with Crippen LogP contribution in [0.4, 0.5) is 11.4 Å². The first-order valence-electron chi connectivity index (χ1n) is 15.9. The van der Waals surface area contributed by atoms with Gasteiger partial charge >= 0.3 is 6.85 Å². The van der Waals surface area contributed by atoms with Crippen molar-refractivity contribution in [2.24, 2.45) is 0 Å². The average molecular weight is 579 g/mol.